The highest BCUT2D eigenvalue weighted by Crippen LogP contribution is 2.11. The van der Waals surface area contributed by atoms with Crippen molar-refractivity contribution >= 4 is 0 Å². The summed E-state index contributed by atoms with van der Waals surface area (Å²) in [5.41, 5.74) is 0.0919. The van der Waals surface area contributed by atoms with Gasteiger partial charge in [-0.05, 0) is 18.2 Å². The van der Waals surface area contributed by atoms with Crippen LogP contribution in [-0.4, -0.2) is 4.92 Å². The topological polar surface area (TPSA) is 43.1 Å². The van der Waals surface area contributed by atoms with Gasteiger partial charge in [0, 0.05) is 0 Å². The SMILES string of the molecule is C=C(Cc1ccccc1F)[N+](=O)[O-]. The maximum absolute atomic E-state index is 12.9. The molecule has 0 aliphatic heterocycles. The predicted octanol–water partition coefficient (Wildman–Crippen LogP) is 2.16. The van der Waals surface area contributed by atoms with Gasteiger partial charge in [0.1, 0.15) is 5.82 Å². The van der Waals surface area contributed by atoms with Crippen LogP contribution in [0.15, 0.2) is 36.5 Å². The van der Waals surface area contributed by atoms with E-state index in [2.05, 4.69) is 6.58 Å². The molecular weight excluding hydrogens is 173 g/mol. The Hall–Kier alpha value is -1.71. The molecule has 0 heterocycles. The van der Waals surface area contributed by atoms with E-state index in [-0.39, 0.29) is 12.1 Å². The van der Waals surface area contributed by atoms with Crippen LogP contribution in [0.4, 0.5) is 4.39 Å². The molecule has 1 aromatic rings. The zero-order valence-corrected chi connectivity index (χ0v) is 6.87. The molecule has 68 valence electrons. The number of nitro groups is 1. The van der Waals surface area contributed by atoms with Gasteiger partial charge < -0.3 is 0 Å². The summed E-state index contributed by atoms with van der Waals surface area (Å²) in [6.07, 6.45) is -0.0559. The fourth-order valence-corrected chi connectivity index (χ4v) is 0.926. The van der Waals surface area contributed by atoms with E-state index in [1.807, 2.05) is 0 Å². The van der Waals surface area contributed by atoms with E-state index in [1.165, 1.54) is 18.2 Å². The first-order valence-corrected chi connectivity index (χ1v) is 3.67. The molecule has 0 spiro atoms. The van der Waals surface area contributed by atoms with Crippen molar-refractivity contribution in [3.63, 3.8) is 0 Å². The molecule has 3 nitrogen and oxygen atoms in total. The number of rotatable bonds is 3. The van der Waals surface area contributed by atoms with Gasteiger partial charge in [-0.25, -0.2) is 4.39 Å². The van der Waals surface area contributed by atoms with Crippen LogP contribution in [0.5, 0.6) is 0 Å². The molecule has 0 saturated carbocycles. The normalized spacial score (nSPS) is 9.62. The lowest BCUT2D eigenvalue weighted by Crippen LogP contribution is -2.01. The highest BCUT2D eigenvalue weighted by Gasteiger charge is 2.10. The average Bonchev–Trinajstić information content (AvgIpc) is 2.08. The number of hydrogen-bond donors (Lipinski definition) is 0. The van der Waals surface area contributed by atoms with E-state index in [1.54, 1.807) is 6.07 Å². The molecule has 0 bridgehead atoms. The van der Waals surface area contributed by atoms with Crippen molar-refractivity contribution in [1.82, 2.24) is 0 Å². The first-order valence-electron chi connectivity index (χ1n) is 3.67. The van der Waals surface area contributed by atoms with Gasteiger partial charge in [-0.15, -0.1) is 0 Å². The molecule has 1 rings (SSSR count). The molecule has 0 atom stereocenters. The van der Waals surface area contributed by atoms with Gasteiger partial charge in [-0.3, -0.25) is 10.1 Å². The molecule has 1 aromatic carbocycles. The van der Waals surface area contributed by atoms with Crippen LogP contribution in [0, 0.1) is 15.9 Å². The Morgan fingerprint density at radius 3 is 2.69 bits per heavy atom. The number of halogens is 1. The van der Waals surface area contributed by atoms with Crippen molar-refractivity contribution < 1.29 is 9.31 Å². The van der Waals surface area contributed by atoms with Gasteiger partial charge in [0.15, 0.2) is 0 Å². The van der Waals surface area contributed by atoms with Crippen molar-refractivity contribution in [3.8, 4) is 0 Å². The molecule has 0 N–H and O–H groups in total. The number of hydrogen-bond acceptors (Lipinski definition) is 2. The summed E-state index contributed by atoms with van der Waals surface area (Å²) >= 11 is 0. The third kappa shape index (κ3) is 2.37. The summed E-state index contributed by atoms with van der Waals surface area (Å²) in [6, 6.07) is 5.94. The van der Waals surface area contributed by atoms with E-state index in [0.29, 0.717) is 5.56 Å². The average molecular weight is 181 g/mol. The highest BCUT2D eigenvalue weighted by atomic mass is 19.1. The smallest absolute Gasteiger partial charge is 0.243 e. The van der Waals surface area contributed by atoms with E-state index in [4.69, 9.17) is 0 Å². The Kier molecular flexibility index (Phi) is 2.74. The summed E-state index contributed by atoms with van der Waals surface area (Å²) in [4.78, 5) is 9.59. The molecule has 0 unspecified atom stereocenters. The van der Waals surface area contributed by atoms with Crippen molar-refractivity contribution in [1.29, 1.82) is 0 Å². The van der Waals surface area contributed by atoms with Crippen molar-refractivity contribution in [2.24, 2.45) is 0 Å². The van der Waals surface area contributed by atoms with E-state index in [9.17, 15) is 14.5 Å². The molecule has 0 amide bonds. The van der Waals surface area contributed by atoms with Crippen molar-refractivity contribution in [2.45, 2.75) is 6.42 Å². The zero-order chi connectivity index (χ0) is 9.84. The third-order valence-corrected chi connectivity index (χ3v) is 1.61. The summed E-state index contributed by atoms with van der Waals surface area (Å²) in [5, 5.41) is 10.2. The van der Waals surface area contributed by atoms with Crippen molar-refractivity contribution in [3.05, 3.63) is 58.0 Å². The molecule has 13 heavy (non-hydrogen) atoms. The molecular formula is C9H8FNO2. The second-order valence-corrected chi connectivity index (χ2v) is 2.59. The first-order chi connectivity index (χ1) is 6.11. The highest BCUT2D eigenvalue weighted by molar-refractivity contribution is 5.20. The first kappa shape index (κ1) is 9.38. The number of nitrogens with zero attached hydrogens (tertiary/aromatic N) is 1. The van der Waals surface area contributed by atoms with E-state index >= 15 is 0 Å². The Morgan fingerprint density at radius 1 is 1.54 bits per heavy atom. The largest absolute Gasteiger partial charge is 0.259 e. The Labute approximate surface area is 74.7 Å². The summed E-state index contributed by atoms with van der Waals surface area (Å²) in [7, 11) is 0. The fourth-order valence-electron chi connectivity index (χ4n) is 0.926. The maximum Gasteiger partial charge on any atom is 0.243 e. The molecule has 0 aliphatic carbocycles. The summed E-state index contributed by atoms with van der Waals surface area (Å²) in [5.74, 6) is -0.439. The van der Waals surface area contributed by atoms with Gasteiger partial charge in [-0.1, -0.05) is 18.2 Å². The third-order valence-electron chi connectivity index (χ3n) is 1.61. The molecule has 0 radical (unpaired) electrons. The lowest BCUT2D eigenvalue weighted by atomic mass is 10.1. The van der Waals surface area contributed by atoms with Crippen LogP contribution < -0.4 is 0 Å². The summed E-state index contributed by atoms with van der Waals surface area (Å²) in [6.45, 7) is 3.22. The van der Waals surface area contributed by atoms with E-state index < -0.39 is 10.7 Å². The zero-order valence-electron chi connectivity index (χ0n) is 6.87. The second-order valence-electron chi connectivity index (χ2n) is 2.59. The minimum absolute atomic E-state index is 0.0559. The van der Waals surface area contributed by atoms with Gasteiger partial charge in [0.05, 0.1) is 11.3 Å². The Bertz CT molecular complexity index is 349. The lowest BCUT2D eigenvalue weighted by molar-refractivity contribution is -0.426. The standard InChI is InChI=1S/C9H8FNO2/c1-7(11(12)13)6-8-4-2-3-5-9(8)10/h2-5H,1,6H2. The van der Waals surface area contributed by atoms with Crippen LogP contribution in [0.1, 0.15) is 5.56 Å². The van der Waals surface area contributed by atoms with Gasteiger partial charge in [0.2, 0.25) is 5.70 Å². The fraction of sp³-hybridized carbons (Fsp3) is 0.111. The minimum Gasteiger partial charge on any atom is -0.259 e. The Morgan fingerprint density at radius 2 is 2.15 bits per heavy atom. The van der Waals surface area contributed by atoms with E-state index in [0.717, 1.165) is 0 Å². The van der Waals surface area contributed by atoms with Gasteiger partial charge in [-0.2, -0.15) is 0 Å². The summed E-state index contributed by atoms with van der Waals surface area (Å²) < 4.78 is 12.9. The molecule has 4 heteroatoms. The molecule has 0 aromatic heterocycles. The van der Waals surface area contributed by atoms with Gasteiger partial charge in [0.25, 0.3) is 0 Å². The van der Waals surface area contributed by atoms with Gasteiger partial charge >= 0.3 is 0 Å². The van der Waals surface area contributed by atoms with Crippen LogP contribution in [0.25, 0.3) is 0 Å². The van der Waals surface area contributed by atoms with Crippen LogP contribution in [0.3, 0.4) is 0 Å². The van der Waals surface area contributed by atoms with Crippen molar-refractivity contribution in [2.75, 3.05) is 0 Å². The molecule has 0 fully saturated rings. The quantitative estimate of drug-likeness (QED) is 0.529. The monoisotopic (exact) mass is 181 g/mol. The molecule has 0 saturated heterocycles. The number of allylic oxidation sites excluding steroid dienone is 1. The predicted molar refractivity (Wildman–Crippen MR) is 46.2 cm³/mol. The maximum atomic E-state index is 12.9. The van der Waals surface area contributed by atoms with Crippen LogP contribution >= 0.6 is 0 Å². The van der Waals surface area contributed by atoms with Crippen LogP contribution in [0.2, 0.25) is 0 Å². The number of benzene rings is 1. The Balaban J connectivity index is 2.81. The molecule has 0 aliphatic rings. The minimum atomic E-state index is -0.605. The second kappa shape index (κ2) is 3.80. The van der Waals surface area contributed by atoms with Crippen LogP contribution in [-0.2, 0) is 6.42 Å². The lowest BCUT2D eigenvalue weighted by Gasteiger charge is -1.99.